The minimum Gasteiger partial charge on any atom is -0.369 e. The third-order valence-electron chi connectivity index (χ3n) is 4.12. The topological polar surface area (TPSA) is 27.7 Å². The molecule has 1 spiro atoms. The summed E-state index contributed by atoms with van der Waals surface area (Å²) in [5.74, 6) is 0.834. The molecule has 3 saturated heterocycles. The molecular weight excluding hydrogens is 180 g/mol. The van der Waals surface area contributed by atoms with Crippen LogP contribution in [0, 0.1) is 11.8 Å². The van der Waals surface area contributed by atoms with Gasteiger partial charge in [0.05, 0.1) is 19.3 Å². The van der Waals surface area contributed by atoms with E-state index in [1.165, 1.54) is 0 Å². The molecule has 14 heavy (non-hydrogen) atoms. The Morgan fingerprint density at radius 1 is 1.07 bits per heavy atom. The molecule has 4 atom stereocenters. The summed E-state index contributed by atoms with van der Waals surface area (Å²) >= 11 is 0. The highest BCUT2D eigenvalue weighted by Gasteiger charge is 2.61. The predicted molar refractivity (Wildman–Crippen MR) is 50.9 cm³/mol. The van der Waals surface area contributed by atoms with E-state index >= 15 is 0 Å². The number of hydrogen-bond acceptors (Lipinski definition) is 3. The molecular formula is C11H18O3. The zero-order valence-electron chi connectivity index (χ0n) is 8.86. The van der Waals surface area contributed by atoms with E-state index in [0.29, 0.717) is 17.9 Å². The monoisotopic (exact) mass is 198 g/mol. The van der Waals surface area contributed by atoms with E-state index in [1.807, 2.05) is 0 Å². The highest BCUT2D eigenvalue weighted by Crippen LogP contribution is 2.51. The van der Waals surface area contributed by atoms with Gasteiger partial charge < -0.3 is 14.2 Å². The number of ether oxygens (including phenoxy) is 3. The third-order valence-corrected chi connectivity index (χ3v) is 4.12. The van der Waals surface area contributed by atoms with Crippen molar-refractivity contribution >= 4 is 0 Å². The molecule has 0 saturated carbocycles. The predicted octanol–water partition coefficient (Wildman–Crippen LogP) is 1.56. The van der Waals surface area contributed by atoms with Crippen LogP contribution in [-0.2, 0) is 14.2 Å². The van der Waals surface area contributed by atoms with Crippen molar-refractivity contribution in [3.05, 3.63) is 0 Å². The van der Waals surface area contributed by atoms with E-state index in [-0.39, 0.29) is 11.9 Å². The van der Waals surface area contributed by atoms with Crippen LogP contribution in [0.4, 0.5) is 0 Å². The summed E-state index contributed by atoms with van der Waals surface area (Å²) in [6, 6.07) is 0. The van der Waals surface area contributed by atoms with Crippen LogP contribution in [0.25, 0.3) is 0 Å². The summed E-state index contributed by atoms with van der Waals surface area (Å²) in [7, 11) is 0. The van der Waals surface area contributed by atoms with E-state index in [9.17, 15) is 0 Å². The van der Waals surface area contributed by atoms with Gasteiger partial charge in [0.1, 0.15) is 6.10 Å². The Morgan fingerprint density at radius 3 is 2.36 bits per heavy atom. The number of hydrogen-bond donors (Lipinski definition) is 0. The molecule has 3 rings (SSSR count). The molecule has 3 heteroatoms. The van der Waals surface area contributed by atoms with Gasteiger partial charge in [-0.05, 0) is 18.3 Å². The van der Waals surface area contributed by atoms with E-state index in [1.54, 1.807) is 0 Å². The third kappa shape index (κ3) is 1.03. The Balaban J connectivity index is 1.84. The quantitative estimate of drug-likeness (QED) is 0.591. The smallest absolute Gasteiger partial charge is 0.197 e. The average molecular weight is 198 g/mol. The fourth-order valence-corrected chi connectivity index (χ4v) is 3.06. The van der Waals surface area contributed by atoms with Crippen LogP contribution < -0.4 is 0 Å². The lowest BCUT2D eigenvalue weighted by Crippen LogP contribution is -2.52. The second-order valence-electron chi connectivity index (χ2n) is 4.88. The van der Waals surface area contributed by atoms with E-state index < -0.39 is 0 Å². The van der Waals surface area contributed by atoms with E-state index in [2.05, 4.69) is 13.8 Å². The van der Waals surface area contributed by atoms with Gasteiger partial charge in [0.2, 0.25) is 0 Å². The van der Waals surface area contributed by atoms with E-state index in [4.69, 9.17) is 14.2 Å². The maximum absolute atomic E-state index is 5.94. The Labute approximate surface area is 84.7 Å². The lowest BCUT2D eigenvalue weighted by Gasteiger charge is -2.41. The summed E-state index contributed by atoms with van der Waals surface area (Å²) in [4.78, 5) is 0. The molecule has 0 aromatic heterocycles. The van der Waals surface area contributed by atoms with Crippen LogP contribution >= 0.6 is 0 Å². The molecule has 3 fully saturated rings. The van der Waals surface area contributed by atoms with Crippen LogP contribution in [0.2, 0.25) is 0 Å². The molecule has 80 valence electrons. The lowest BCUT2D eigenvalue weighted by atomic mass is 9.78. The minimum atomic E-state index is -0.380. The summed E-state index contributed by atoms with van der Waals surface area (Å²) < 4.78 is 17.6. The largest absolute Gasteiger partial charge is 0.369 e. The maximum Gasteiger partial charge on any atom is 0.197 e. The zero-order chi connectivity index (χ0) is 9.76. The molecule has 2 bridgehead atoms. The Hall–Kier alpha value is -0.120. The molecule has 0 aliphatic carbocycles. The van der Waals surface area contributed by atoms with Crippen molar-refractivity contribution in [3.8, 4) is 0 Å². The molecule has 3 aliphatic rings. The molecule has 3 aliphatic heterocycles. The van der Waals surface area contributed by atoms with Gasteiger partial charge in [-0.25, -0.2) is 0 Å². The van der Waals surface area contributed by atoms with Crippen LogP contribution in [0.3, 0.4) is 0 Å². The van der Waals surface area contributed by atoms with Gasteiger partial charge in [-0.3, -0.25) is 0 Å². The van der Waals surface area contributed by atoms with Crippen molar-refractivity contribution in [1.29, 1.82) is 0 Å². The minimum absolute atomic E-state index is 0.169. The first-order valence-electron chi connectivity index (χ1n) is 5.66. The zero-order valence-corrected chi connectivity index (χ0v) is 8.86. The van der Waals surface area contributed by atoms with Gasteiger partial charge >= 0.3 is 0 Å². The fraction of sp³-hybridized carbons (Fsp3) is 1.00. The van der Waals surface area contributed by atoms with Crippen molar-refractivity contribution in [1.82, 2.24) is 0 Å². The summed E-state index contributed by atoms with van der Waals surface area (Å²) in [6.07, 6.45) is 2.47. The second-order valence-corrected chi connectivity index (χ2v) is 4.88. The summed E-state index contributed by atoms with van der Waals surface area (Å²) in [5, 5.41) is 0. The first-order chi connectivity index (χ1) is 6.73. The normalized spacial score (nSPS) is 50.1. The standard InChI is InChI=1S/C11H18O3/c1-7-8(2)10-11(6-9(7)14-10)12-4-3-5-13-11/h7-10H,3-6H2,1-2H3. The second kappa shape index (κ2) is 2.94. The van der Waals surface area contributed by atoms with Gasteiger partial charge in [0, 0.05) is 6.42 Å². The highest BCUT2D eigenvalue weighted by atomic mass is 16.7. The summed E-state index contributed by atoms with van der Waals surface area (Å²) in [6.45, 7) is 6.17. The lowest BCUT2D eigenvalue weighted by molar-refractivity contribution is -0.293. The molecule has 4 unspecified atom stereocenters. The number of rotatable bonds is 0. The molecule has 0 aromatic rings. The van der Waals surface area contributed by atoms with Crippen molar-refractivity contribution in [3.63, 3.8) is 0 Å². The molecule has 3 nitrogen and oxygen atoms in total. The molecule has 3 heterocycles. The first kappa shape index (κ1) is 9.13. The van der Waals surface area contributed by atoms with E-state index in [0.717, 1.165) is 26.1 Å². The molecule has 0 amide bonds. The Kier molecular flexibility index (Phi) is 1.92. The van der Waals surface area contributed by atoms with Crippen molar-refractivity contribution < 1.29 is 14.2 Å². The van der Waals surface area contributed by atoms with Crippen molar-refractivity contribution in [2.75, 3.05) is 13.2 Å². The van der Waals surface area contributed by atoms with Gasteiger partial charge in [-0.2, -0.15) is 0 Å². The average Bonchev–Trinajstić information content (AvgIpc) is 2.67. The van der Waals surface area contributed by atoms with Crippen molar-refractivity contribution in [2.24, 2.45) is 11.8 Å². The number of fused-ring (bicyclic) bond motifs is 3. The van der Waals surface area contributed by atoms with Gasteiger partial charge in [-0.1, -0.05) is 13.8 Å². The maximum atomic E-state index is 5.94. The SMILES string of the molecule is CC1C2CC3(OCCCO3)C(O2)C1C. The van der Waals surface area contributed by atoms with Crippen LogP contribution in [0.5, 0.6) is 0 Å². The summed E-state index contributed by atoms with van der Waals surface area (Å²) in [5.41, 5.74) is 0. The highest BCUT2D eigenvalue weighted by molar-refractivity contribution is 5.04. The van der Waals surface area contributed by atoms with Crippen LogP contribution in [0.1, 0.15) is 26.7 Å². The van der Waals surface area contributed by atoms with Crippen LogP contribution in [-0.4, -0.2) is 31.2 Å². The van der Waals surface area contributed by atoms with Gasteiger partial charge in [0.25, 0.3) is 0 Å². The van der Waals surface area contributed by atoms with Gasteiger partial charge in [-0.15, -0.1) is 0 Å². The van der Waals surface area contributed by atoms with Crippen LogP contribution in [0.15, 0.2) is 0 Å². The molecule has 0 N–H and O–H groups in total. The Morgan fingerprint density at radius 2 is 1.79 bits per heavy atom. The fourth-order valence-electron chi connectivity index (χ4n) is 3.06. The molecule has 0 radical (unpaired) electrons. The Bertz CT molecular complexity index is 233. The van der Waals surface area contributed by atoms with Gasteiger partial charge in [0.15, 0.2) is 5.79 Å². The molecule has 0 aromatic carbocycles. The van der Waals surface area contributed by atoms with Crippen molar-refractivity contribution in [2.45, 2.75) is 44.7 Å². The first-order valence-corrected chi connectivity index (χ1v) is 5.66.